The predicted octanol–water partition coefficient (Wildman–Crippen LogP) is 3.92. The van der Waals surface area contributed by atoms with Crippen LogP contribution in [0.4, 0.5) is 8.78 Å². The van der Waals surface area contributed by atoms with Gasteiger partial charge in [0.15, 0.2) is 11.6 Å². The molecular formula is C15H14ClF2NO. The molecule has 2 aromatic rings. The molecule has 0 aromatic heterocycles. The molecule has 2 rings (SSSR count). The van der Waals surface area contributed by atoms with Crippen LogP contribution in [0.25, 0.3) is 0 Å². The molecule has 2 nitrogen and oxygen atoms in total. The monoisotopic (exact) mass is 297 g/mol. The van der Waals surface area contributed by atoms with E-state index in [4.69, 9.17) is 16.3 Å². The Morgan fingerprint density at radius 1 is 1.15 bits per heavy atom. The first-order valence-electron chi connectivity index (χ1n) is 6.10. The summed E-state index contributed by atoms with van der Waals surface area (Å²) in [5, 5.41) is 3.59. The summed E-state index contributed by atoms with van der Waals surface area (Å²) >= 11 is 5.92. The lowest BCUT2D eigenvalue weighted by atomic mass is 10.2. The highest BCUT2D eigenvalue weighted by molar-refractivity contribution is 6.30. The minimum atomic E-state index is -0.878. The lowest BCUT2D eigenvalue weighted by Gasteiger charge is -2.12. The molecule has 0 radical (unpaired) electrons. The van der Waals surface area contributed by atoms with Crippen LogP contribution >= 0.6 is 11.6 Å². The van der Waals surface area contributed by atoms with Gasteiger partial charge in [-0.15, -0.1) is 0 Å². The fraction of sp³-hybridized carbons (Fsp3) is 0.200. The highest BCUT2D eigenvalue weighted by Crippen LogP contribution is 2.24. The number of ether oxygens (including phenoxy) is 1. The molecule has 0 saturated carbocycles. The zero-order valence-electron chi connectivity index (χ0n) is 10.9. The van der Waals surface area contributed by atoms with Gasteiger partial charge in [0, 0.05) is 22.7 Å². The standard InChI is InChI=1S/C15H14ClF2NO/c1-19-8-11-7-12(16)5-6-14(11)20-9-10-3-2-4-13(17)15(10)18/h2-7,19H,8-9H2,1H3. The summed E-state index contributed by atoms with van der Waals surface area (Å²) in [5.74, 6) is -1.17. The second kappa shape index (κ2) is 6.68. The number of halogens is 3. The Hall–Kier alpha value is -1.65. The zero-order valence-corrected chi connectivity index (χ0v) is 11.7. The van der Waals surface area contributed by atoms with Gasteiger partial charge < -0.3 is 10.1 Å². The van der Waals surface area contributed by atoms with Crippen molar-refractivity contribution in [2.75, 3.05) is 7.05 Å². The molecule has 0 aliphatic carbocycles. The molecule has 5 heteroatoms. The number of hydrogen-bond acceptors (Lipinski definition) is 2. The molecule has 106 valence electrons. The predicted molar refractivity (Wildman–Crippen MR) is 74.9 cm³/mol. The van der Waals surface area contributed by atoms with Gasteiger partial charge in [-0.1, -0.05) is 23.7 Å². The van der Waals surface area contributed by atoms with E-state index in [2.05, 4.69) is 5.32 Å². The Kier molecular flexibility index (Phi) is 4.93. The summed E-state index contributed by atoms with van der Waals surface area (Å²) in [6, 6.07) is 9.20. The van der Waals surface area contributed by atoms with E-state index in [9.17, 15) is 8.78 Å². The van der Waals surface area contributed by atoms with Crippen molar-refractivity contribution in [1.29, 1.82) is 0 Å². The summed E-state index contributed by atoms with van der Waals surface area (Å²) in [6.07, 6.45) is 0. The Labute approximate surface area is 121 Å². The Morgan fingerprint density at radius 3 is 2.70 bits per heavy atom. The van der Waals surface area contributed by atoms with E-state index in [1.54, 1.807) is 25.2 Å². The van der Waals surface area contributed by atoms with Crippen LogP contribution in [0, 0.1) is 11.6 Å². The smallest absolute Gasteiger partial charge is 0.165 e. The maximum absolute atomic E-state index is 13.5. The van der Waals surface area contributed by atoms with Crippen LogP contribution in [0.5, 0.6) is 5.75 Å². The van der Waals surface area contributed by atoms with Gasteiger partial charge in [-0.2, -0.15) is 0 Å². The minimum absolute atomic E-state index is 0.0397. The molecule has 0 heterocycles. The highest BCUT2D eigenvalue weighted by Gasteiger charge is 2.10. The van der Waals surface area contributed by atoms with Crippen LogP contribution in [0.2, 0.25) is 5.02 Å². The normalized spacial score (nSPS) is 10.6. The van der Waals surface area contributed by atoms with Crippen LogP contribution < -0.4 is 10.1 Å². The Bertz CT molecular complexity index is 604. The van der Waals surface area contributed by atoms with Gasteiger partial charge in [0.1, 0.15) is 12.4 Å². The molecule has 0 bridgehead atoms. The number of rotatable bonds is 5. The van der Waals surface area contributed by atoms with Crippen LogP contribution in [-0.2, 0) is 13.2 Å². The first-order chi connectivity index (χ1) is 9.61. The maximum atomic E-state index is 13.5. The van der Waals surface area contributed by atoms with Gasteiger partial charge in [-0.3, -0.25) is 0 Å². The van der Waals surface area contributed by atoms with Gasteiger partial charge in [-0.05, 0) is 31.3 Å². The van der Waals surface area contributed by atoms with Crippen LogP contribution in [-0.4, -0.2) is 7.05 Å². The Balaban J connectivity index is 2.16. The molecule has 0 atom stereocenters. The van der Waals surface area contributed by atoms with Gasteiger partial charge >= 0.3 is 0 Å². The minimum Gasteiger partial charge on any atom is -0.488 e. The molecule has 0 saturated heterocycles. The molecule has 0 aliphatic rings. The van der Waals surface area contributed by atoms with Crippen LogP contribution in [0.1, 0.15) is 11.1 Å². The van der Waals surface area contributed by atoms with Crippen molar-refractivity contribution >= 4 is 11.6 Å². The molecule has 1 N–H and O–H groups in total. The largest absolute Gasteiger partial charge is 0.488 e. The summed E-state index contributed by atoms with van der Waals surface area (Å²) < 4.78 is 32.2. The molecule has 0 fully saturated rings. The zero-order chi connectivity index (χ0) is 14.5. The lowest BCUT2D eigenvalue weighted by Crippen LogP contribution is -2.08. The van der Waals surface area contributed by atoms with E-state index in [0.29, 0.717) is 17.3 Å². The topological polar surface area (TPSA) is 21.3 Å². The fourth-order valence-electron chi connectivity index (χ4n) is 1.83. The number of nitrogens with one attached hydrogen (secondary N) is 1. The SMILES string of the molecule is CNCc1cc(Cl)ccc1OCc1cccc(F)c1F. The summed E-state index contributed by atoms with van der Waals surface area (Å²) in [7, 11) is 1.80. The molecule has 0 unspecified atom stereocenters. The van der Waals surface area contributed by atoms with E-state index in [1.807, 2.05) is 0 Å². The fourth-order valence-corrected chi connectivity index (χ4v) is 2.03. The number of hydrogen-bond donors (Lipinski definition) is 1. The molecule has 20 heavy (non-hydrogen) atoms. The van der Waals surface area contributed by atoms with Gasteiger partial charge in [0.25, 0.3) is 0 Å². The van der Waals surface area contributed by atoms with E-state index in [-0.39, 0.29) is 12.2 Å². The van der Waals surface area contributed by atoms with Crippen molar-refractivity contribution in [3.63, 3.8) is 0 Å². The van der Waals surface area contributed by atoms with Crippen molar-refractivity contribution in [1.82, 2.24) is 5.32 Å². The summed E-state index contributed by atoms with van der Waals surface area (Å²) in [5.41, 5.74) is 1.03. The molecule has 0 amide bonds. The van der Waals surface area contributed by atoms with E-state index in [0.717, 1.165) is 11.6 Å². The second-order valence-corrected chi connectivity index (χ2v) is 4.72. The van der Waals surface area contributed by atoms with Crippen LogP contribution in [0.15, 0.2) is 36.4 Å². The average molecular weight is 298 g/mol. The van der Waals surface area contributed by atoms with Crippen LogP contribution in [0.3, 0.4) is 0 Å². The van der Waals surface area contributed by atoms with E-state index in [1.165, 1.54) is 12.1 Å². The van der Waals surface area contributed by atoms with Gasteiger partial charge in [-0.25, -0.2) is 8.78 Å². The third-order valence-electron chi connectivity index (χ3n) is 2.80. The van der Waals surface area contributed by atoms with Crippen molar-refractivity contribution < 1.29 is 13.5 Å². The first kappa shape index (κ1) is 14.8. The molecular weight excluding hydrogens is 284 g/mol. The molecule has 0 aliphatic heterocycles. The second-order valence-electron chi connectivity index (χ2n) is 4.28. The highest BCUT2D eigenvalue weighted by atomic mass is 35.5. The first-order valence-corrected chi connectivity index (χ1v) is 6.48. The number of benzene rings is 2. The average Bonchev–Trinajstić information content (AvgIpc) is 2.42. The van der Waals surface area contributed by atoms with Gasteiger partial charge in [0.05, 0.1) is 0 Å². The van der Waals surface area contributed by atoms with Crippen molar-refractivity contribution in [3.05, 3.63) is 64.2 Å². The lowest BCUT2D eigenvalue weighted by molar-refractivity contribution is 0.293. The third kappa shape index (κ3) is 3.46. The van der Waals surface area contributed by atoms with E-state index < -0.39 is 11.6 Å². The summed E-state index contributed by atoms with van der Waals surface area (Å²) in [6.45, 7) is 0.531. The maximum Gasteiger partial charge on any atom is 0.165 e. The van der Waals surface area contributed by atoms with Crippen molar-refractivity contribution in [2.45, 2.75) is 13.2 Å². The van der Waals surface area contributed by atoms with Crippen molar-refractivity contribution in [3.8, 4) is 5.75 Å². The summed E-state index contributed by atoms with van der Waals surface area (Å²) in [4.78, 5) is 0. The third-order valence-corrected chi connectivity index (χ3v) is 3.04. The quantitative estimate of drug-likeness (QED) is 0.903. The molecule has 2 aromatic carbocycles. The Morgan fingerprint density at radius 2 is 1.95 bits per heavy atom. The van der Waals surface area contributed by atoms with E-state index >= 15 is 0 Å². The van der Waals surface area contributed by atoms with Crippen molar-refractivity contribution in [2.24, 2.45) is 0 Å². The van der Waals surface area contributed by atoms with Gasteiger partial charge in [0.2, 0.25) is 0 Å². The molecule has 0 spiro atoms.